The second-order valence-corrected chi connectivity index (χ2v) is 3.11. The molecular formula is C10H19N3. The molecule has 0 radical (unpaired) electrons. The van der Waals surface area contributed by atoms with Gasteiger partial charge in [0, 0.05) is 17.8 Å². The lowest BCUT2D eigenvalue weighted by atomic mass is 10.1. The quantitative estimate of drug-likeness (QED) is 0.725. The van der Waals surface area contributed by atoms with Crippen molar-refractivity contribution in [1.82, 2.24) is 15.5 Å². The maximum absolute atomic E-state index is 4.29. The van der Waals surface area contributed by atoms with Crippen molar-refractivity contribution in [3.05, 3.63) is 17.0 Å². The molecule has 0 saturated heterocycles. The van der Waals surface area contributed by atoms with Crippen LogP contribution in [0.15, 0.2) is 0 Å². The minimum Gasteiger partial charge on any atom is -0.313 e. The maximum atomic E-state index is 4.29. The zero-order valence-corrected chi connectivity index (χ0v) is 8.78. The normalized spacial score (nSPS) is 10.7. The number of aromatic amines is 1. The number of aryl methyl sites for hydroxylation is 2. The van der Waals surface area contributed by atoms with Crippen LogP contribution in [0.3, 0.4) is 0 Å². The molecule has 1 aromatic heterocycles. The van der Waals surface area contributed by atoms with Crippen molar-refractivity contribution in [3.63, 3.8) is 0 Å². The van der Waals surface area contributed by atoms with Crippen LogP contribution < -0.4 is 5.32 Å². The number of nitrogens with one attached hydrogen (secondary N) is 2. The van der Waals surface area contributed by atoms with Crippen LogP contribution in [0.4, 0.5) is 0 Å². The highest BCUT2D eigenvalue weighted by Crippen LogP contribution is 2.12. The molecule has 2 N–H and O–H groups in total. The Hall–Kier alpha value is -0.830. The van der Waals surface area contributed by atoms with Crippen molar-refractivity contribution < 1.29 is 0 Å². The molecule has 3 nitrogen and oxygen atoms in total. The standard InChI is InChI=1S/C10H19N3/c1-4-9-8(7-11-6-3)10(5-2)13-12-9/h11H,4-7H2,1-3H3,(H,12,13). The van der Waals surface area contributed by atoms with Crippen LogP contribution in [0.1, 0.15) is 37.7 Å². The molecule has 0 aliphatic heterocycles. The van der Waals surface area contributed by atoms with E-state index in [9.17, 15) is 0 Å². The number of H-pyrrole nitrogens is 1. The van der Waals surface area contributed by atoms with Gasteiger partial charge in [0.15, 0.2) is 0 Å². The van der Waals surface area contributed by atoms with Gasteiger partial charge in [0.1, 0.15) is 0 Å². The van der Waals surface area contributed by atoms with E-state index in [1.54, 1.807) is 0 Å². The third-order valence-corrected chi connectivity index (χ3v) is 2.28. The summed E-state index contributed by atoms with van der Waals surface area (Å²) in [5, 5.41) is 10.7. The van der Waals surface area contributed by atoms with Gasteiger partial charge in [-0.3, -0.25) is 5.10 Å². The van der Waals surface area contributed by atoms with Crippen molar-refractivity contribution in [2.45, 2.75) is 40.2 Å². The number of nitrogens with zero attached hydrogens (tertiary/aromatic N) is 1. The Morgan fingerprint density at radius 2 is 2.00 bits per heavy atom. The van der Waals surface area contributed by atoms with E-state index in [-0.39, 0.29) is 0 Å². The maximum Gasteiger partial charge on any atom is 0.0667 e. The average molecular weight is 181 g/mol. The summed E-state index contributed by atoms with van der Waals surface area (Å²) in [6.45, 7) is 8.38. The van der Waals surface area contributed by atoms with Crippen molar-refractivity contribution in [2.24, 2.45) is 0 Å². The molecule has 0 saturated carbocycles. The zero-order valence-electron chi connectivity index (χ0n) is 8.78. The van der Waals surface area contributed by atoms with Gasteiger partial charge in [0.05, 0.1) is 5.69 Å². The van der Waals surface area contributed by atoms with Crippen molar-refractivity contribution in [3.8, 4) is 0 Å². The minimum absolute atomic E-state index is 0.944. The molecule has 0 bridgehead atoms. The smallest absolute Gasteiger partial charge is 0.0667 e. The first kappa shape index (κ1) is 10.3. The molecular weight excluding hydrogens is 162 g/mol. The molecule has 0 unspecified atom stereocenters. The molecule has 1 rings (SSSR count). The number of hydrogen-bond acceptors (Lipinski definition) is 2. The molecule has 1 heterocycles. The number of rotatable bonds is 5. The Kier molecular flexibility index (Phi) is 3.96. The van der Waals surface area contributed by atoms with Gasteiger partial charge in [-0.15, -0.1) is 0 Å². The van der Waals surface area contributed by atoms with Crippen LogP contribution >= 0.6 is 0 Å². The lowest BCUT2D eigenvalue weighted by molar-refractivity contribution is 0.714. The van der Waals surface area contributed by atoms with Gasteiger partial charge >= 0.3 is 0 Å². The molecule has 0 atom stereocenters. The summed E-state index contributed by atoms with van der Waals surface area (Å²) in [6.07, 6.45) is 2.05. The third kappa shape index (κ3) is 2.31. The Morgan fingerprint density at radius 3 is 2.54 bits per heavy atom. The Balaban J connectivity index is 2.78. The molecule has 0 fully saturated rings. The fraction of sp³-hybridized carbons (Fsp3) is 0.700. The first-order chi connectivity index (χ1) is 6.33. The van der Waals surface area contributed by atoms with Gasteiger partial charge in [-0.25, -0.2) is 0 Å². The first-order valence-electron chi connectivity index (χ1n) is 5.09. The Bertz CT molecular complexity index is 231. The van der Waals surface area contributed by atoms with Crippen LogP contribution in [-0.4, -0.2) is 16.7 Å². The van der Waals surface area contributed by atoms with E-state index in [4.69, 9.17) is 0 Å². The van der Waals surface area contributed by atoms with E-state index < -0.39 is 0 Å². The van der Waals surface area contributed by atoms with Gasteiger partial charge in [0.25, 0.3) is 0 Å². The largest absolute Gasteiger partial charge is 0.313 e. The highest BCUT2D eigenvalue weighted by molar-refractivity contribution is 5.25. The van der Waals surface area contributed by atoms with E-state index in [0.717, 1.165) is 25.9 Å². The minimum atomic E-state index is 0.944. The summed E-state index contributed by atoms with van der Waals surface area (Å²) >= 11 is 0. The second kappa shape index (κ2) is 5.02. The molecule has 0 spiro atoms. The molecule has 0 aromatic carbocycles. The van der Waals surface area contributed by atoms with E-state index in [1.165, 1.54) is 17.0 Å². The fourth-order valence-electron chi connectivity index (χ4n) is 1.49. The summed E-state index contributed by atoms with van der Waals surface area (Å²) < 4.78 is 0. The van der Waals surface area contributed by atoms with Crippen LogP contribution in [0, 0.1) is 0 Å². The molecule has 0 aliphatic carbocycles. The van der Waals surface area contributed by atoms with Crippen LogP contribution in [0.25, 0.3) is 0 Å². The summed E-state index contributed by atoms with van der Waals surface area (Å²) in [6, 6.07) is 0. The molecule has 0 aliphatic rings. The van der Waals surface area contributed by atoms with Crippen molar-refractivity contribution in [1.29, 1.82) is 0 Å². The molecule has 13 heavy (non-hydrogen) atoms. The average Bonchev–Trinajstić information content (AvgIpc) is 2.56. The summed E-state index contributed by atoms with van der Waals surface area (Å²) in [4.78, 5) is 0. The summed E-state index contributed by atoms with van der Waals surface area (Å²) in [5.74, 6) is 0. The highest BCUT2D eigenvalue weighted by atomic mass is 15.1. The van der Waals surface area contributed by atoms with Gasteiger partial charge in [-0.2, -0.15) is 5.10 Å². The Morgan fingerprint density at radius 1 is 1.23 bits per heavy atom. The predicted octanol–water partition coefficient (Wildman–Crippen LogP) is 1.64. The van der Waals surface area contributed by atoms with Gasteiger partial charge in [-0.1, -0.05) is 20.8 Å². The number of aromatic nitrogens is 2. The van der Waals surface area contributed by atoms with E-state index in [2.05, 4.69) is 36.3 Å². The van der Waals surface area contributed by atoms with Crippen LogP contribution in [-0.2, 0) is 19.4 Å². The lowest BCUT2D eigenvalue weighted by Crippen LogP contribution is -2.13. The van der Waals surface area contributed by atoms with Gasteiger partial charge < -0.3 is 5.32 Å². The second-order valence-electron chi connectivity index (χ2n) is 3.11. The topological polar surface area (TPSA) is 40.7 Å². The van der Waals surface area contributed by atoms with E-state index >= 15 is 0 Å². The van der Waals surface area contributed by atoms with Crippen LogP contribution in [0.5, 0.6) is 0 Å². The van der Waals surface area contributed by atoms with E-state index in [1.807, 2.05) is 0 Å². The SMILES string of the molecule is CCNCc1c(CC)n[nH]c1CC. The third-order valence-electron chi connectivity index (χ3n) is 2.28. The molecule has 0 amide bonds. The van der Waals surface area contributed by atoms with Crippen molar-refractivity contribution >= 4 is 0 Å². The Labute approximate surface area is 79.9 Å². The number of hydrogen-bond donors (Lipinski definition) is 2. The highest BCUT2D eigenvalue weighted by Gasteiger charge is 2.08. The predicted molar refractivity (Wildman–Crippen MR) is 54.7 cm³/mol. The zero-order chi connectivity index (χ0) is 9.68. The van der Waals surface area contributed by atoms with Crippen molar-refractivity contribution in [2.75, 3.05) is 6.54 Å². The first-order valence-corrected chi connectivity index (χ1v) is 5.09. The fourth-order valence-corrected chi connectivity index (χ4v) is 1.49. The molecule has 1 aromatic rings. The van der Waals surface area contributed by atoms with Gasteiger partial charge in [0.2, 0.25) is 0 Å². The van der Waals surface area contributed by atoms with Crippen LogP contribution in [0.2, 0.25) is 0 Å². The van der Waals surface area contributed by atoms with E-state index in [0.29, 0.717) is 0 Å². The summed E-state index contributed by atoms with van der Waals surface area (Å²) in [5.41, 5.74) is 3.85. The molecule has 3 heteroatoms. The van der Waals surface area contributed by atoms with Gasteiger partial charge in [-0.05, 0) is 19.4 Å². The summed E-state index contributed by atoms with van der Waals surface area (Å²) in [7, 11) is 0. The molecule has 74 valence electrons. The monoisotopic (exact) mass is 181 g/mol. The lowest BCUT2D eigenvalue weighted by Gasteiger charge is -2.03.